The molecule has 0 aromatic carbocycles. The summed E-state index contributed by atoms with van der Waals surface area (Å²) < 4.78 is 0. The van der Waals surface area contributed by atoms with E-state index in [-0.39, 0.29) is 65.4 Å². The van der Waals surface area contributed by atoms with E-state index in [1.165, 1.54) is 19.3 Å². The van der Waals surface area contributed by atoms with Crippen LogP contribution in [0.3, 0.4) is 0 Å². The van der Waals surface area contributed by atoms with Crippen molar-refractivity contribution < 1.29 is 65.4 Å². The third-order valence-corrected chi connectivity index (χ3v) is 2.97. The summed E-state index contributed by atoms with van der Waals surface area (Å²) in [5.74, 6) is 0. The molecule has 88 valence electrons. The van der Waals surface area contributed by atoms with Crippen LogP contribution in [0.4, 0.5) is 0 Å². The minimum atomic E-state index is 0. The summed E-state index contributed by atoms with van der Waals surface area (Å²) in [7, 11) is 0. The van der Waals surface area contributed by atoms with E-state index in [0.717, 1.165) is 0 Å². The normalized spacial score (nSPS) is 10.4. The summed E-state index contributed by atoms with van der Waals surface area (Å²) in [5, 5.41) is 0. The summed E-state index contributed by atoms with van der Waals surface area (Å²) in [6.45, 7) is 18.0. The van der Waals surface area contributed by atoms with Gasteiger partial charge in [0.25, 0.3) is 0 Å². The van der Waals surface area contributed by atoms with Crippen molar-refractivity contribution in [2.24, 2.45) is 10.8 Å². The zero-order valence-corrected chi connectivity index (χ0v) is 18.0. The molecule has 2 radical (unpaired) electrons. The van der Waals surface area contributed by atoms with Crippen molar-refractivity contribution in [2.45, 2.75) is 74.7 Å². The molecule has 0 amide bonds. The van der Waals surface area contributed by atoms with Gasteiger partial charge in [-0.05, 0) is 10.8 Å². The standard InChI is InChI=1S/C7H16.C6H14.2Y/c1-5-7(3,4)6-2;1-5-6(2,3)4;;/h5-6H2,1-4H3;5H2,1-4H3;;. The first kappa shape index (κ1) is 25.9. The summed E-state index contributed by atoms with van der Waals surface area (Å²) in [4.78, 5) is 0. The third-order valence-electron chi connectivity index (χ3n) is 2.97. The van der Waals surface area contributed by atoms with E-state index in [1.54, 1.807) is 0 Å². The van der Waals surface area contributed by atoms with Gasteiger partial charge < -0.3 is 0 Å². The molecule has 0 heterocycles. The Morgan fingerprint density at radius 1 is 0.600 bits per heavy atom. The van der Waals surface area contributed by atoms with Crippen molar-refractivity contribution in [3.63, 3.8) is 0 Å². The van der Waals surface area contributed by atoms with Crippen LogP contribution in [0.1, 0.15) is 74.7 Å². The molecule has 0 nitrogen and oxygen atoms in total. The van der Waals surface area contributed by atoms with E-state index < -0.39 is 0 Å². The number of rotatable bonds is 2. The van der Waals surface area contributed by atoms with Gasteiger partial charge in [0.05, 0.1) is 0 Å². The molecule has 0 atom stereocenters. The molecular weight excluding hydrogens is 334 g/mol. The van der Waals surface area contributed by atoms with E-state index in [4.69, 9.17) is 0 Å². The zero-order chi connectivity index (χ0) is 11.1. The van der Waals surface area contributed by atoms with Gasteiger partial charge in [0.15, 0.2) is 0 Å². The quantitative estimate of drug-likeness (QED) is 0.626. The summed E-state index contributed by atoms with van der Waals surface area (Å²) in [6.07, 6.45) is 3.86. The maximum absolute atomic E-state index is 2.30. The fourth-order valence-electron chi connectivity index (χ4n) is 0.250. The third kappa shape index (κ3) is 26.0. The van der Waals surface area contributed by atoms with Gasteiger partial charge in [-0.15, -0.1) is 0 Å². The van der Waals surface area contributed by atoms with Crippen LogP contribution in [-0.4, -0.2) is 0 Å². The first-order valence-electron chi connectivity index (χ1n) is 5.68. The number of hydrogen-bond acceptors (Lipinski definition) is 0. The minimum absolute atomic E-state index is 0. The predicted octanol–water partition coefficient (Wildman–Crippen LogP) is 5.27. The Morgan fingerprint density at radius 2 is 0.800 bits per heavy atom. The Bertz CT molecular complexity index is 106. The van der Waals surface area contributed by atoms with Gasteiger partial charge >= 0.3 is 0 Å². The van der Waals surface area contributed by atoms with E-state index in [9.17, 15) is 0 Å². The van der Waals surface area contributed by atoms with Crippen LogP contribution < -0.4 is 0 Å². The maximum atomic E-state index is 2.30. The molecule has 0 aromatic rings. The molecule has 0 saturated carbocycles. The summed E-state index contributed by atoms with van der Waals surface area (Å²) >= 11 is 0. The average molecular weight is 364 g/mol. The van der Waals surface area contributed by atoms with Gasteiger partial charge in [0.2, 0.25) is 0 Å². The Morgan fingerprint density at radius 3 is 0.800 bits per heavy atom. The Balaban J connectivity index is -0.0000000718. The van der Waals surface area contributed by atoms with E-state index in [2.05, 4.69) is 55.4 Å². The van der Waals surface area contributed by atoms with E-state index in [0.29, 0.717) is 10.8 Å². The second-order valence-corrected chi connectivity index (χ2v) is 5.79. The maximum Gasteiger partial charge on any atom is 0 e. The van der Waals surface area contributed by atoms with Crippen LogP contribution in [0.25, 0.3) is 0 Å². The Hall–Kier alpha value is 2.21. The van der Waals surface area contributed by atoms with Crippen LogP contribution in [0.15, 0.2) is 0 Å². The molecule has 0 saturated heterocycles. The van der Waals surface area contributed by atoms with Crippen molar-refractivity contribution in [3.05, 3.63) is 0 Å². The molecule has 0 aliphatic carbocycles. The molecule has 0 spiro atoms. The van der Waals surface area contributed by atoms with Crippen LogP contribution in [0, 0.1) is 10.8 Å². The van der Waals surface area contributed by atoms with Crippen molar-refractivity contribution in [1.82, 2.24) is 0 Å². The zero-order valence-electron chi connectivity index (χ0n) is 12.3. The van der Waals surface area contributed by atoms with Gasteiger partial charge in [-0.25, -0.2) is 0 Å². The molecule has 0 bridgehead atoms. The largest absolute Gasteiger partial charge is 0.0649 e. The monoisotopic (exact) mass is 364 g/mol. The molecule has 0 aromatic heterocycles. The first-order chi connectivity index (χ1) is 5.68. The molecule has 0 rings (SSSR count). The molecule has 0 aliphatic rings. The van der Waals surface area contributed by atoms with Gasteiger partial charge in [0, 0.05) is 65.4 Å². The predicted molar refractivity (Wildman–Crippen MR) is 64.1 cm³/mol. The van der Waals surface area contributed by atoms with Gasteiger partial charge in [0.1, 0.15) is 0 Å². The molecule has 0 unspecified atom stereocenters. The van der Waals surface area contributed by atoms with Crippen molar-refractivity contribution in [1.29, 1.82) is 0 Å². The minimum Gasteiger partial charge on any atom is -0.0649 e. The van der Waals surface area contributed by atoms with E-state index >= 15 is 0 Å². The Kier molecular flexibility index (Phi) is 21.9. The second kappa shape index (κ2) is 12.7. The van der Waals surface area contributed by atoms with Crippen LogP contribution in [-0.2, 0) is 65.4 Å². The van der Waals surface area contributed by atoms with Gasteiger partial charge in [-0.2, -0.15) is 0 Å². The van der Waals surface area contributed by atoms with Crippen LogP contribution in [0.2, 0.25) is 0 Å². The van der Waals surface area contributed by atoms with Crippen LogP contribution >= 0.6 is 0 Å². The van der Waals surface area contributed by atoms with Gasteiger partial charge in [-0.3, -0.25) is 0 Å². The molecular formula is C13H30Y2. The van der Waals surface area contributed by atoms with Gasteiger partial charge in [-0.1, -0.05) is 74.7 Å². The molecule has 0 N–H and O–H groups in total. The average Bonchev–Trinajstić information content (AvgIpc) is 2.04. The molecule has 0 fully saturated rings. The summed E-state index contributed by atoms with van der Waals surface area (Å²) in [6, 6.07) is 0. The molecule has 15 heavy (non-hydrogen) atoms. The number of hydrogen-bond donors (Lipinski definition) is 0. The first-order valence-corrected chi connectivity index (χ1v) is 5.68. The fraction of sp³-hybridized carbons (Fsp3) is 1.00. The second-order valence-electron chi connectivity index (χ2n) is 5.79. The smallest absolute Gasteiger partial charge is 0 e. The van der Waals surface area contributed by atoms with Crippen LogP contribution in [0.5, 0.6) is 0 Å². The van der Waals surface area contributed by atoms with E-state index in [1.807, 2.05) is 0 Å². The summed E-state index contributed by atoms with van der Waals surface area (Å²) in [5.41, 5.74) is 1.12. The Labute approximate surface area is 149 Å². The van der Waals surface area contributed by atoms with Crippen molar-refractivity contribution in [3.8, 4) is 0 Å². The SMILES string of the molecule is CCC(C)(C)C.CCC(C)(C)CC.[Y].[Y]. The topological polar surface area (TPSA) is 0 Å². The fourth-order valence-corrected chi connectivity index (χ4v) is 0.250. The van der Waals surface area contributed by atoms with Crippen molar-refractivity contribution >= 4 is 0 Å². The molecule has 0 aliphatic heterocycles. The van der Waals surface area contributed by atoms with Crippen molar-refractivity contribution in [2.75, 3.05) is 0 Å². The molecule has 2 heteroatoms.